The van der Waals surface area contributed by atoms with Crippen LogP contribution in [0.1, 0.15) is 79.6 Å². The average Bonchev–Trinajstić information content (AvgIpc) is 3.06. The molecule has 3 unspecified atom stereocenters. The summed E-state index contributed by atoms with van der Waals surface area (Å²) < 4.78 is 0. The van der Waals surface area contributed by atoms with E-state index in [-0.39, 0.29) is 41.3 Å². The molecule has 0 saturated heterocycles. The Morgan fingerprint density at radius 1 is 0.971 bits per heavy atom. The first-order valence-corrected chi connectivity index (χ1v) is 12.9. The van der Waals surface area contributed by atoms with Crippen LogP contribution in [0.2, 0.25) is 0 Å². The van der Waals surface area contributed by atoms with Gasteiger partial charge in [0.15, 0.2) is 5.78 Å². The molecule has 6 N–H and O–H groups in total. The maximum absolute atomic E-state index is 13.2. The molecule has 34 heavy (non-hydrogen) atoms. The highest BCUT2D eigenvalue weighted by molar-refractivity contribution is 5.94. The number of fused-ring (bicyclic) bond motifs is 5. The molecular weight excluding hydrogens is 436 g/mol. The van der Waals surface area contributed by atoms with Gasteiger partial charge in [-0.15, -0.1) is 0 Å². The summed E-state index contributed by atoms with van der Waals surface area (Å²) in [5, 5.41) is 63.9. The second-order valence-electron chi connectivity index (χ2n) is 13.2. The molecule has 0 amide bonds. The summed E-state index contributed by atoms with van der Waals surface area (Å²) in [5.41, 5.74) is -2.38. The molecule has 4 aliphatic rings. The number of aliphatic hydroxyl groups excluding tert-OH is 4. The van der Waals surface area contributed by atoms with E-state index in [1.807, 2.05) is 0 Å². The summed E-state index contributed by atoms with van der Waals surface area (Å²) in [6.45, 7) is 8.94. The van der Waals surface area contributed by atoms with Crippen LogP contribution in [0.15, 0.2) is 11.6 Å². The second kappa shape index (κ2) is 8.35. The lowest BCUT2D eigenvalue weighted by molar-refractivity contribution is -0.177. The van der Waals surface area contributed by atoms with Gasteiger partial charge in [0.25, 0.3) is 0 Å². The Bertz CT molecular complexity index is 844. The molecule has 0 radical (unpaired) electrons. The van der Waals surface area contributed by atoms with Gasteiger partial charge in [-0.3, -0.25) is 4.79 Å². The van der Waals surface area contributed by atoms with Crippen molar-refractivity contribution >= 4 is 5.78 Å². The first kappa shape index (κ1) is 26.2. The van der Waals surface area contributed by atoms with Gasteiger partial charge in [-0.25, -0.2) is 0 Å². The summed E-state index contributed by atoms with van der Waals surface area (Å²) in [6, 6.07) is 0. The standard InChI is InChI=1S/C27H44O7/c1-24(2,33)12-21(31)23(32)27(5,34)22-7-6-15-14-10-18(28)17-11-19(29)20(30)13-26(17,4)16(14)8-9-25(15,22)3/h10,15-17,19-23,29-34H,6-9,11-13H2,1-5H3/t15?,16?,17?,19-,20+,21+,22+,23-,25+,26-,27-/m1/s1. The third-order valence-electron chi connectivity index (χ3n) is 10.3. The fraction of sp³-hybridized carbons (Fsp3) is 0.889. The Hall–Kier alpha value is -0.830. The van der Waals surface area contributed by atoms with E-state index in [0.29, 0.717) is 19.3 Å². The maximum atomic E-state index is 13.2. The normalized spacial score (nSPS) is 46.0. The lowest BCUT2D eigenvalue weighted by atomic mass is 9.47. The first-order valence-electron chi connectivity index (χ1n) is 12.9. The molecule has 3 fully saturated rings. The van der Waals surface area contributed by atoms with Crippen LogP contribution in [0.3, 0.4) is 0 Å². The van der Waals surface area contributed by atoms with Crippen LogP contribution in [0.5, 0.6) is 0 Å². The largest absolute Gasteiger partial charge is 0.390 e. The molecule has 4 aliphatic carbocycles. The minimum atomic E-state index is -1.56. The van der Waals surface area contributed by atoms with E-state index in [2.05, 4.69) is 13.8 Å². The number of hydrogen-bond donors (Lipinski definition) is 6. The van der Waals surface area contributed by atoms with Crippen LogP contribution < -0.4 is 0 Å². The summed E-state index contributed by atoms with van der Waals surface area (Å²) in [4.78, 5) is 13.2. The predicted molar refractivity (Wildman–Crippen MR) is 127 cm³/mol. The van der Waals surface area contributed by atoms with Crippen molar-refractivity contribution < 1.29 is 35.4 Å². The van der Waals surface area contributed by atoms with Gasteiger partial charge in [-0.05, 0) is 94.0 Å². The Labute approximate surface area is 202 Å². The van der Waals surface area contributed by atoms with Crippen molar-refractivity contribution in [2.24, 2.45) is 34.5 Å². The minimum absolute atomic E-state index is 0.0276. The van der Waals surface area contributed by atoms with Crippen molar-refractivity contribution in [1.82, 2.24) is 0 Å². The fourth-order valence-electron chi connectivity index (χ4n) is 8.57. The zero-order valence-electron chi connectivity index (χ0n) is 21.2. The summed E-state index contributed by atoms with van der Waals surface area (Å²) in [5.74, 6) is -0.322. The van der Waals surface area contributed by atoms with Gasteiger partial charge in [0.05, 0.1) is 29.5 Å². The molecule has 11 atom stereocenters. The van der Waals surface area contributed by atoms with Crippen LogP contribution in [0.4, 0.5) is 0 Å². The van der Waals surface area contributed by atoms with Crippen LogP contribution in [-0.2, 0) is 4.79 Å². The Morgan fingerprint density at radius 2 is 1.59 bits per heavy atom. The van der Waals surface area contributed by atoms with Gasteiger partial charge >= 0.3 is 0 Å². The quantitative estimate of drug-likeness (QED) is 0.352. The molecule has 0 bridgehead atoms. The van der Waals surface area contributed by atoms with Crippen LogP contribution in [0, 0.1) is 34.5 Å². The van der Waals surface area contributed by atoms with E-state index in [0.717, 1.165) is 24.8 Å². The van der Waals surface area contributed by atoms with Crippen molar-refractivity contribution in [1.29, 1.82) is 0 Å². The molecule has 3 saturated carbocycles. The highest BCUT2D eigenvalue weighted by Crippen LogP contribution is 2.67. The van der Waals surface area contributed by atoms with E-state index >= 15 is 0 Å². The van der Waals surface area contributed by atoms with Crippen LogP contribution in [-0.4, -0.2) is 72.0 Å². The summed E-state index contributed by atoms with van der Waals surface area (Å²) in [6.07, 6.45) is 1.15. The number of carbonyl (C=O) groups is 1. The van der Waals surface area contributed by atoms with Gasteiger partial charge in [0.2, 0.25) is 0 Å². The van der Waals surface area contributed by atoms with Crippen LogP contribution >= 0.6 is 0 Å². The number of hydrogen-bond acceptors (Lipinski definition) is 7. The summed E-state index contributed by atoms with van der Waals surface area (Å²) in [7, 11) is 0. The molecule has 0 heterocycles. The predicted octanol–water partition coefficient (Wildman–Crippen LogP) is 1.71. The average molecular weight is 481 g/mol. The molecule has 4 rings (SSSR count). The monoisotopic (exact) mass is 480 g/mol. The highest BCUT2D eigenvalue weighted by atomic mass is 16.4. The molecule has 0 spiro atoms. The fourth-order valence-corrected chi connectivity index (χ4v) is 8.57. The SMILES string of the molecule is CC(C)(O)C[C@H](O)[C@@H](O)[C@](C)(O)[C@H]1CCC2C3=CC(=O)C4C[C@@H](O)[C@@H](O)C[C@]4(C)C3CC[C@@]21C. The Morgan fingerprint density at radius 3 is 2.21 bits per heavy atom. The molecule has 0 aliphatic heterocycles. The number of aliphatic hydroxyl groups is 6. The zero-order valence-corrected chi connectivity index (χ0v) is 21.2. The maximum Gasteiger partial charge on any atom is 0.159 e. The van der Waals surface area contributed by atoms with Crippen molar-refractivity contribution in [3.05, 3.63) is 11.6 Å². The smallest absolute Gasteiger partial charge is 0.159 e. The van der Waals surface area contributed by atoms with E-state index in [4.69, 9.17) is 0 Å². The highest BCUT2D eigenvalue weighted by Gasteiger charge is 2.63. The number of allylic oxidation sites excluding steroid dienone is 2. The topological polar surface area (TPSA) is 138 Å². The number of rotatable bonds is 5. The lowest BCUT2D eigenvalue weighted by Crippen LogP contribution is -2.59. The van der Waals surface area contributed by atoms with E-state index in [1.165, 1.54) is 0 Å². The van der Waals surface area contributed by atoms with Gasteiger partial charge in [-0.2, -0.15) is 0 Å². The first-order chi connectivity index (χ1) is 15.5. The van der Waals surface area contributed by atoms with E-state index < -0.39 is 41.0 Å². The molecule has 7 nitrogen and oxygen atoms in total. The molecule has 7 heteroatoms. The molecule has 194 valence electrons. The van der Waals surface area contributed by atoms with Gasteiger partial charge in [0, 0.05) is 12.3 Å². The minimum Gasteiger partial charge on any atom is -0.390 e. The molecule has 0 aromatic heterocycles. The van der Waals surface area contributed by atoms with Gasteiger partial charge in [0.1, 0.15) is 6.10 Å². The lowest BCUT2D eigenvalue weighted by Gasteiger charge is -2.58. The van der Waals surface area contributed by atoms with Crippen molar-refractivity contribution in [3.63, 3.8) is 0 Å². The zero-order chi connectivity index (χ0) is 25.4. The van der Waals surface area contributed by atoms with Gasteiger partial charge < -0.3 is 30.6 Å². The van der Waals surface area contributed by atoms with Crippen molar-refractivity contribution in [2.75, 3.05) is 0 Å². The second-order valence-corrected chi connectivity index (χ2v) is 13.2. The third-order valence-corrected chi connectivity index (χ3v) is 10.3. The van der Waals surface area contributed by atoms with E-state index in [1.54, 1.807) is 26.8 Å². The van der Waals surface area contributed by atoms with Crippen LogP contribution in [0.25, 0.3) is 0 Å². The molecular formula is C27H44O7. The summed E-state index contributed by atoms with van der Waals surface area (Å²) >= 11 is 0. The molecule has 0 aromatic rings. The van der Waals surface area contributed by atoms with Gasteiger partial charge in [-0.1, -0.05) is 19.4 Å². The Kier molecular flexibility index (Phi) is 6.45. The number of ketones is 1. The van der Waals surface area contributed by atoms with Crippen molar-refractivity contribution in [2.45, 2.75) is 115 Å². The van der Waals surface area contributed by atoms with Crippen molar-refractivity contribution in [3.8, 4) is 0 Å². The third kappa shape index (κ3) is 4.00. The Balaban J connectivity index is 1.62. The van der Waals surface area contributed by atoms with E-state index in [9.17, 15) is 35.4 Å². The number of carbonyl (C=O) groups excluding carboxylic acids is 1. The molecule has 0 aromatic carbocycles.